The van der Waals surface area contributed by atoms with E-state index in [2.05, 4.69) is 11.9 Å². The Balaban J connectivity index is 2.38. The summed E-state index contributed by atoms with van der Waals surface area (Å²) in [5.41, 5.74) is -0.690. The summed E-state index contributed by atoms with van der Waals surface area (Å²) in [7, 11) is 0. The molecular weight excluding hydrogens is 232 g/mol. The molecule has 0 amide bonds. The second kappa shape index (κ2) is 5.00. The van der Waals surface area contributed by atoms with E-state index in [0.29, 0.717) is 30.4 Å². The van der Waals surface area contributed by atoms with Crippen LogP contribution in [-0.4, -0.2) is 14.7 Å². The van der Waals surface area contributed by atoms with Crippen molar-refractivity contribution < 1.29 is 5.11 Å². The summed E-state index contributed by atoms with van der Waals surface area (Å²) in [6, 6.07) is 0. The van der Waals surface area contributed by atoms with E-state index in [1.165, 1.54) is 17.4 Å². The van der Waals surface area contributed by atoms with Crippen molar-refractivity contribution in [3.63, 3.8) is 0 Å². The molecule has 0 aliphatic heterocycles. The Labute approximate surface area is 105 Å². The first-order valence-corrected chi connectivity index (χ1v) is 6.59. The lowest BCUT2D eigenvalue weighted by molar-refractivity contribution is 0.317. The average molecular weight is 252 g/mol. The Morgan fingerprint density at radius 2 is 2.11 bits per heavy atom. The highest BCUT2D eigenvalue weighted by Crippen LogP contribution is 2.32. The van der Waals surface area contributed by atoms with Crippen LogP contribution in [0.5, 0.6) is 5.88 Å². The van der Waals surface area contributed by atoms with Gasteiger partial charge >= 0.3 is 5.69 Å². The van der Waals surface area contributed by atoms with Gasteiger partial charge in [0.1, 0.15) is 0 Å². The summed E-state index contributed by atoms with van der Waals surface area (Å²) in [5, 5.41) is 10.0. The van der Waals surface area contributed by atoms with E-state index in [-0.39, 0.29) is 5.88 Å². The van der Waals surface area contributed by atoms with Gasteiger partial charge in [0.05, 0.1) is 5.56 Å². The molecule has 5 nitrogen and oxygen atoms in total. The van der Waals surface area contributed by atoms with Crippen molar-refractivity contribution >= 4 is 0 Å². The highest BCUT2D eigenvalue weighted by Gasteiger charge is 2.25. The molecule has 1 aliphatic carbocycles. The Hall–Kier alpha value is -1.52. The lowest BCUT2D eigenvalue weighted by Crippen LogP contribution is -2.34. The summed E-state index contributed by atoms with van der Waals surface area (Å²) >= 11 is 0. The van der Waals surface area contributed by atoms with Crippen molar-refractivity contribution in [1.29, 1.82) is 0 Å². The Bertz CT molecular complexity index is 544. The van der Waals surface area contributed by atoms with Gasteiger partial charge in [0.2, 0.25) is 5.88 Å². The fourth-order valence-corrected chi connectivity index (χ4v) is 2.82. The third-order valence-corrected chi connectivity index (χ3v) is 4.08. The van der Waals surface area contributed by atoms with Crippen LogP contribution in [0.1, 0.15) is 38.7 Å². The zero-order valence-corrected chi connectivity index (χ0v) is 10.9. The molecule has 2 rings (SSSR count). The monoisotopic (exact) mass is 252 g/mol. The maximum atomic E-state index is 11.8. The van der Waals surface area contributed by atoms with Gasteiger partial charge in [-0.2, -0.15) is 0 Å². The van der Waals surface area contributed by atoms with E-state index in [4.69, 9.17) is 0 Å². The minimum Gasteiger partial charge on any atom is -0.494 e. The number of hydrogen-bond acceptors (Lipinski definition) is 3. The molecular formula is C13H20N2O3. The van der Waals surface area contributed by atoms with Gasteiger partial charge in [0.25, 0.3) is 5.56 Å². The number of aromatic hydroxyl groups is 1. The summed E-state index contributed by atoms with van der Waals surface area (Å²) in [6.07, 6.45) is 3.84. The SMILES string of the molecule is CCc1c(O)n(CC2CCCC2C)c(=O)[nH]c1=O. The molecule has 18 heavy (non-hydrogen) atoms. The summed E-state index contributed by atoms with van der Waals surface area (Å²) in [6.45, 7) is 4.46. The second-order valence-corrected chi connectivity index (χ2v) is 5.19. The van der Waals surface area contributed by atoms with Gasteiger partial charge in [-0.1, -0.05) is 26.7 Å². The van der Waals surface area contributed by atoms with Crippen molar-refractivity contribution in [3.8, 4) is 5.88 Å². The smallest absolute Gasteiger partial charge is 0.331 e. The van der Waals surface area contributed by atoms with E-state index < -0.39 is 11.2 Å². The number of H-pyrrole nitrogens is 1. The normalized spacial score (nSPS) is 23.4. The van der Waals surface area contributed by atoms with Crippen LogP contribution in [0.4, 0.5) is 0 Å². The van der Waals surface area contributed by atoms with Gasteiger partial charge in [-0.25, -0.2) is 4.79 Å². The van der Waals surface area contributed by atoms with E-state index in [0.717, 1.165) is 6.42 Å². The number of nitrogens with one attached hydrogen (secondary N) is 1. The van der Waals surface area contributed by atoms with E-state index >= 15 is 0 Å². The number of nitrogens with zero attached hydrogens (tertiary/aromatic N) is 1. The fourth-order valence-electron chi connectivity index (χ4n) is 2.82. The van der Waals surface area contributed by atoms with Gasteiger partial charge in [0, 0.05) is 6.54 Å². The van der Waals surface area contributed by atoms with Crippen LogP contribution in [0.3, 0.4) is 0 Å². The quantitative estimate of drug-likeness (QED) is 0.850. The Kier molecular flexibility index (Phi) is 3.59. The first-order chi connectivity index (χ1) is 8.54. The fraction of sp³-hybridized carbons (Fsp3) is 0.692. The van der Waals surface area contributed by atoms with E-state index in [1.54, 1.807) is 6.92 Å². The maximum absolute atomic E-state index is 11.8. The molecule has 1 heterocycles. The van der Waals surface area contributed by atoms with Crippen LogP contribution < -0.4 is 11.2 Å². The molecule has 2 unspecified atom stereocenters. The highest BCUT2D eigenvalue weighted by molar-refractivity contribution is 5.22. The molecule has 1 fully saturated rings. The van der Waals surface area contributed by atoms with E-state index in [1.807, 2.05) is 0 Å². The van der Waals surface area contributed by atoms with Gasteiger partial charge < -0.3 is 5.11 Å². The third kappa shape index (κ3) is 2.21. The minimum atomic E-state index is -0.506. The standard InChI is InChI=1S/C13H20N2O3/c1-3-10-11(16)14-13(18)15(12(10)17)7-9-6-4-5-8(9)2/h8-9,17H,3-7H2,1-2H3,(H,14,16,18). The third-order valence-electron chi connectivity index (χ3n) is 4.08. The van der Waals surface area contributed by atoms with Crippen molar-refractivity contribution in [2.24, 2.45) is 11.8 Å². The molecule has 5 heteroatoms. The highest BCUT2D eigenvalue weighted by atomic mass is 16.3. The maximum Gasteiger partial charge on any atom is 0.331 e. The van der Waals surface area contributed by atoms with Crippen LogP contribution in [0.15, 0.2) is 9.59 Å². The first kappa shape index (κ1) is 12.9. The number of rotatable bonds is 3. The molecule has 1 aliphatic rings. The van der Waals surface area contributed by atoms with Crippen LogP contribution >= 0.6 is 0 Å². The lowest BCUT2D eigenvalue weighted by Gasteiger charge is -2.18. The summed E-state index contributed by atoms with van der Waals surface area (Å²) < 4.78 is 1.31. The molecule has 0 radical (unpaired) electrons. The molecule has 100 valence electrons. The molecule has 0 bridgehead atoms. The molecule has 0 saturated heterocycles. The van der Waals surface area contributed by atoms with Crippen molar-refractivity contribution in [2.45, 2.75) is 46.1 Å². The zero-order valence-electron chi connectivity index (χ0n) is 10.9. The predicted octanol–water partition coefficient (Wildman–Crippen LogP) is 1.24. The van der Waals surface area contributed by atoms with Crippen LogP contribution in [-0.2, 0) is 13.0 Å². The molecule has 2 atom stereocenters. The average Bonchev–Trinajstić information content (AvgIpc) is 2.70. The largest absolute Gasteiger partial charge is 0.494 e. The number of hydrogen-bond donors (Lipinski definition) is 2. The van der Waals surface area contributed by atoms with Gasteiger partial charge in [0.15, 0.2) is 0 Å². The minimum absolute atomic E-state index is 0.162. The summed E-state index contributed by atoms with van der Waals surface area (Å²) in [4.78, 5) is 25.6. The number of aromatic nitrogens is 2. The van der Waals surface area contributed by atoms with Gasteiger partial charge in [-0.05, 0) is 24.7 Å². The second-order valence-electron chi connectivity index (χ2n) is 5.19. The van der Waals surface area contributed by atoms with Crippen molar-refractivity contribution in [2.75, 3.05) is 0 Å². The number of aromatic amines is 1. The van der Waals surface area contributed by atoms with Crippen LogP contribution in [0.25, 0.3) is 0 Å². The molecule has 2 N–H and O–H groups in total. The topological polar surface area (TPSA) is 75.1 Å². The molecule has 0 spiro atoms. The van der Waals surface area contributed by atoms with Gasteiger partial charge in [-0.3, -0.25) is 14.3 Å². The van der Waals surface area contributed by atoms with Crippen molar-refractivity contribution in [1.82, 2.24) is 9.55 Å². The van der Waals surface area contributed by atoms with Crippen LogP contribution in [0, 0.1) is 11.8 Å². The summed E-state index contributed by atoms with van der Waals surface area (Å²) in [5.74, 6) is 0.808. The molecule has 1 saturated carbocycles. The zero-order chi connectivity index (χ0) is 13.3. The van der Waals surface area contributed by atoms with Crippen molar-refractivity contribution in [3.05, 3.63) is 26.4 Å². The Morgan fingerprint density at radius 1 is 1.39 bits per heavy atom. The van der Waals surface area contributed by atoms with Crippen LogP contribution in [0.2, 0.25) is 0 Å². The molecule has 0 aromatic carbocycles. The molecule has 1 aromatic heterocycles. The van der Waals surface area contributed by atoms with E-state index in [9.17, 15) is 14.7 Å². The lowest BCUT2D eigenvalue weighted by atomic mass is 9.98. The predicted molar refractivity (Wildman–Crippen MR) is 68.9 cm³/mol. The first-order valence-electron chi connectivity index (χ1n) is 6.59. The molecule has 1 aromatic rings. The van der Waals surface area contributed by atoms with Gasteiger partial charge in [-0.15, -0.1) is 0 Å². The Morgan fingerprint density at radius 3 is 2.67 bits per heavy atom.